The van der Waals surface area contributed by atoms with Gasteiger partial charge in [0.25, 0.3) is 0 Å². The fraction of sp³-hybridized carbons (Fsp3) is 0.385. The summed E-state index contributed by atoms with van der Waals surface area (Å²) in [5, 5.41) is 12.6. The monoisotopic (exact) mass is 231 g/mol. The van der Waals surface area contributed by atoms with Crippen molar-refractivity contribution in [2.75, 3.05) is 20.8 Å². The standard InChI is InChI=1S/C13H17N3O/c1-14-11(9-17-2)7-10-8-15-16-13-6-4-3-5-12(10)13/h3-6,8,11,14H,7,9H2,1-2H3. The predicted octanol–water partition coefficient (Wildman–Crippen LogP) is 1.41. The second-order valence-corrected chi connectivity index (χ2v) is 4.03. The van der Waals surface area contributed by atoms with Crippen LogP contribution in [0.5, 0.6) is 0 Å². The Labute approximate surface area is 101 Å². The number of nitrogens with zero attached hydrogens (tertiary/aromatic N) is 2. The molecule has 0 aliphatic rings. The molecule has 0 bridgehead atoms. The number of methoxy groups -OCH3 is 1. The van der Waals surface area contributed by atoms with Crippen molar-refractivity contribution in [1.29, 1.82) is 0 Å². The van der Waals surface area contributed by atoms with Gasteiger partial charge in [0, 0.05) is 18.5 Å². The molecule has 1 aromatic carbocycles. The first kappa shape index (κ1) is 12.0. The third-order valence-electron chi connectivity index (χ3n) is 2.87. The molecule has 1 unspecified atom stereocenters. The highest BCUT2D eigenvalue weighted by Gasteiger charge is 2.09. The van der Waals surface area contributed by atoms with E-state index in [9.17, 15) is 0 Å². The van der Waals surface area contributed by atoms with Crippen LogP contribution in [0.2, 0.25) is 0 Å². The van der Waals surface area contributed by atoms with E-state index < -0.39 is 0 Å². The average molecular weight is 231 g/mol. The minimum absolute atomic E-state index is 0.299. The number of benzene rings is 1. The number of likely N-dealkylation sites (N-methyl/N-ethyl adjacent to an activating group) is 1. The SMILES string of the molecule is CNC(COC)Cc1cnnc2ccccc12. The molecule has 0 radical (unpaired) electrons. The van der Waals surface area contributed by atoms with Crippen LogP contribution >= 0.6 is 0 Å². The van der Waals surface area contributed by atoms with Crippen LogP contribution in [0.25, 0.3) is 10.9 Å². The van der Waals surface area contributed by atoms with Crippen LogP contribution in [0.15, 0.2) is 30.5 Å². The maximum Gasteiger partial charge on any atom is 0.0932 e. The maximum atomic E-state index is 5.18. The molecule has 0 fully saturated rings. The Morgan fingerprint density at radius 3 is 2.94 bits per heavy atom. The molecule has 0 amide bonds. The number of fused-ring (bicyclic) bond motifs is 1. The van der Waals surface area contributed by atoms with E-state index in [0.717, 1.165) is 11.9 Å². The van der Waals surface area contributed by atoms with Gasteiger partial charge in [-0.1, -0.05) is 18.2 Å². The summed E-state index contributed by atoms with van der Waals surface area (Å²) in [5.74, 6) is 0. The van der Waals surface area contributed by atoms with Gasteiger partial charge in [-0.15, -0.1) is 0 Å². The molecule has 2 aromatic rings. The molecular formula is C13H17N3O. The van der Waals surface area contributed by atoms with Crippen LogP contribution in [0.1, 0.15) is 5.56 Å². The van der Waals surface area contributed by atoms with Crippen LogP contribution in [0, 0.1) is 0 Å². The second-order valence-electron chi connectivity index (χ2n) is 4.03. The number of hydrogen-bond donors (Lipinski definition) is 1. The summed E-state index contributed by atoms with van der Waals surface area (Å²) in [7, 11) is 3.66. The van der Waals surface area contributed by atoms with Crippen molar-refractivity contribution in [3.05, 3.63) is 36.0 Å². The highest BCUT2D eigenvalue weighted by molar-refractivity contribution is 5.81. The van der Waals surface area contributed by atoms with Gasteiger partial charge in [-0.25, -0.2) is 0 Å². The first-order valence-corrected chi connectivity index (χ1v) is 5.70. The summed E-state index contributed by atoms with van der Waals surface area (Å²) < 4.78 is 5.18. The van der Waals surface area contributed by atoms with E-state index in [2.05, 4.69) is 21.6 Å². The molecule has 90 valence electrons. The fourth-order valence-electron chi connectivity index (χ4n) is 1.94. The van der Waals surface area contributed by atoms with Gasteiger partial charge in [-0.3, -0.25) is 0 Å². The van der Waals surface area contributed by atoms with E-state index in [1.165, 1.54) is 10.9 Å². The summed E-state index contributed by atoms with van der Waals surface area (Å²) in [6.07, 6.45) is 2.72. The minimum Gasteiger partial charge on any atom is -0.383 e. The van der Waals surface area contributed by atoms with Crippen molar-refractivity contribution in [2.45, 2.75) is 12.5 Å². The highest BCUT2D eigenvalue weighted by Crippen LogP contribution is 2.16. The third kappa shape index (κ3) is 2.78. The zero-order valence-electron chi connectivity index (χ0n) is 10.2. The Morgan fingerprint density at radius 2 is 2.18 bits per heavy atom. The molecule has 4 heteroatoms. The molecule has 2 rings (SSSR count). The van der Waals surface area contributed by atoms with Gasteiger partial charge >= 0.3 is 0 Å². The molecule has 0 aliphatic heterocycles. The van der Waals surface area contributed by atoms with Crippen LogP contribution in [0.4, 0.5) is 0 Å². The van der Waals surface area contributed by atoms with Gasteiger partial charge < -0.3 is 10.1 Å². The number of aromatic nitrogens is 2. The zero-order valence-corrected chi connectivity index (χ0v) is 10.2. The first-order chi connectivity index (χ1) is 8.35. The summed E-state index contributed by atoms with van der Waals surface area (Å²) in [6, 6.07) is 8.37. The molecule has 17 heavy (non-hydrogen) atoms. The van der Waals surface area contributed by atoms with E-state index in [0.29, 0.717) is 12.6 Å². The molecule has 1 atom stereocenters. The van der Waals surface area contributed by atoms with E-state index >= 15 is 0 Å². The number of rotatable bonds is 5. The Hall–Kier alpha value is -1.52. The van der Waals surface area contributed by atoms with Crippen molar-refractivity contribution in [1.82, 2.24) is 15.5 Å². The molecule has 4 nitrogen and oxygen atoms in total. The number of ether oxygens (including phenoxy) is 1. The first-order valence-electron chi connectivity index (χ1n) is 5.70. The van der Waals surface area contributed by atoms with Gasteiger partial charge in [0.2, 0.25) is 0 Å². The summed E-state index contributed by atoms with van der Waals surface area (Å²) in [4.78, 5) is 0. The summed E-state index contributed by atoms with van der Waals surface area (Å²) in [5.41, 5.74) is 2.14. The van der Waals surface area contributed by atoms with E-state index in [-0.39, 0.29) is 0 Å². The highest BCUT2D eigenvalue weighted by atomic mass is 16.5. The zero-order chi connectivity index (χ0) is 12.1. The Bertz CT molecular complexity index is 482. The van der Waals surface area contributed by atoms with Crippen molar-refractivity contribution in [2.24, 2.45) is 0 Å². The van der Waals surface area contributed by atoms with Crippen molar-refractivity contribution in [3.8, 4) is 0 Å². The lowest BCUT2D eigenvalue weighted by molar-refractivity contribution is 0.169. The molecular weight excluding hydrogens is 214 g/mol. The quantitative estimate of drug-likeness (QED) is 0.845. The molecule has 0 aliphatic carbocycles. The van der Waals surface area contributed by atoms with Crippen LogP contribution < -0.4 is 5.32 Å². The van der Waals surface area contributed by atoms with Gasteiger partial charge in [0.1, 0.15) is 0 Å². The molecule has 0 saturated heterocycles. The van der Waals surface area contributed by atoms with Crippen molar-refractivity contribution < 1.29 is 4.74 Å². The largest absolute Gasteiger partial charge is 0.383 e. The van der Waals surface area contributed by atoms with Gasteiger partial charge in [-0.05, 0) is 25.1 Å². The Kier molecular flexibility index (Phi) is 4.01. The predicted molar refractivity (Wildman–Crippen MR) is 68.0 cm³/mol. The summed E-state index contributed by atoms with van der Waals surface area (Å²) >= 11 is 0. The lowest BCUT2D eigenvalue weighted by Gasteiger charge is -2.15. The van der Waals surface area contributed by atoms with Crippen LogP contribution in [-0.2, 0) is 11.2 Å². The van der Waals surface area contributed by atoms with Gasteiger partial charge in [-0.2, -0.15) is 10.2 Å². The minimum atomic E-state index is 0.299. The van der Waals surface area contributed by atoms with E-state index in [1.807, 2.05) is 31.4 Å². The third-order valence-corrected chi connectivity index (χ3v) is 2.87. The van der Waals surface area contributed by atoms with E-state index in [1.54, 1.807) is 7.11 Å². The smallest absolute Gasteiger partial charge is 0.0932 e. The van der Waals surface area contributed by atoms with Gasteiger partial charge in [0.15, 0.2) is 0 Å². The van der Waals surface area contributed by atoms with Crippen LogP contribution in [0.3, 0.4) is 0 Å². The Morgan fingerprint density at radius 1 is 1.35 bits per heavy atom. The molecule has 1 N–H and O–H groups in total. The normalized spacial score (nSPS) is 12.8. The molecule has 0 spiro atoms. The molecule has 1 heterocycles. The van der Waals surface area contributed by atoms with Crippen molar-refractivity contribution >= 4 is 10.9 Å². The Balaban J connectivity index is 2.28. The molecule has 1 aromatic heterocycles. The second kappa shape index (κ2) is 5.70. The fourth-order valence-corrected chi connectivity index (χ4v) is 1.94. The van der Waals surface area contributed by atoms with Gasteiger partial charge in [0.05, 0.1) is 18.3 Å². The van der Waals surface area contributed by atoms with Crippen LogP contribution in [-0.4, -0.2) is 37.0 Å². The lowest BCUT2D eigenvalue weighted by Crippen LogP contribution is -2.32. The number of nitrogens with one attached hydrogen (secondary N) is 1. The number of hydrogen-bond acceptors (Lipinski definition) is 4. The average Bonchev–Trinajstić information content (AvgIpc) is 2.38. The van der Waals surface area contributed by atoms with E-state index in [4.69, 9.17) is 4.74 Å². The molecule has 0 saturated carbocycles. The van der Waals surface area contributed by atoms with Crippen molar-refractivity contribution in [3.63, 3.8) is 0 Å². The topological polar surface area (TPSA) is 47.0 Å². The summed E-state index contributed by atoms with van der Waals surface area (Å²) in [6.45, 7) is 0.688. The maximum absolute atomic E-state index is 5.18. The lowest BCUT2D eigenvalue weighted by atomic mass is 10.0.